The van der Waals surface area contributed by atoms with E-state index in [1.165, 1.54) is 7.11 Å². The van der Waals surface area contributed by atoms with Crippen LogP contribution in [-0.2, 0) is 4.74 Å². The van der Waals surface area contributed by atoms with Gasteiger partial charge in [0.25, 0.3) is 0 Å². The van der Waals surface area contributed by atoms with E-state index in [9.17, 15) is 4.79 Å². The number of ether oxygens (including phenoxy) is 1. The zero-order chi connectivity index (χ0) is 13.1. The summed E-state index contributed by atoms with van der Waals surface area (Å²) >= 11 is 0. The van der Waals surface area contributed by atoms with Gasteiger partial charge in [-0.3, -0.25) is 0 Å². The summed E-state index contributed by atoms with van der Waals surface area (Å²) in [7, 11) is 1.31. The van der Waals surface area contributed by atoms with Crippen molar-refractivity contribution in [1.82, 2.24) is 5.32 Å². The Labute approximate surface area is 101 Å². The molecule has 0 aromatic carbocycles. The van der Waals surface area contributed by atoms with Crippen LogP contribution in [0.2, 0.25) is 0 Å². The normalized spacial score (nSPS) is 13.5. The molecular formula is C12H19NO4. The fourth-order valence-electron chi connectivity index (χ4n) is 1.50. The molecule has 0 fully saturated rings. The van der Waals surface area contributed by atoms with Gasteiger partial charge in [0.1, 0.15) is 5.76 Å². The van der Waals surface area contributed by atoms with Crippen molar-refractivity contribution in [3.8, 4) is 0 Å². The fourth-order valence-corrected chi connectivity index (χ4v) is 1.50. The minimum absolute atomic E-state index is 0.0158. The van der Waals surface area contributed by atoms with Crippen LogP contribution in [0.1, 0.15) is 43.1 Å². The van der Waals surface area contributed by atoms with E-state index in [2.05, 4.69) is 10.1 Å². The molecule has 96 valence electrons. The maximum atomic E-state index is 11.2. The molecule has 5 heteroatoms. The average Bonchev–Trinajstić information content (AvgIpc) is 2.77. The number of carbonyl (C=O) groups is 1. The van der Waals surface area contributed by atoms with Crippen LogP contribution in [0.25, 0.3) is 0 Å². The first-order valence-electron chi connectivity index (χ1n) is 5.46. The summed E-state index contributed by atoms with van der Waals surface area (Å²) in [6.45, 7) is 5.68. The third-order valence-electron chi connectivity index (χ3n) is 2.44. The number of rotatable bonds is 5. The molecule has 2 N–H and O–H groups in total. The molecule has 0 aliphatic heterocycles. The first-order valence-corrected chi connectivity index (χ1v) is 5.46. The molecule has 1 atom stereocenters. The van der Waals surface area contributed by atoms with Gasteiger partial charge in [-0.15, -0.1) is 0 Å². The highest BCUT2D eigenvalue weighted by Crippen LogP contribution is 2.19. The first-order chi connectivity index (χ1) is 7.89. The van der Waals surface area contributed by atoms with Crippen LogP contribution in [0.3, 0.4) is 0 Å². The minimum Gasteiger partial charge on any atom is -0.463 e. The number of aliphatic hydroxyl groups excluding tert-OH is 1. The number of hydrogen-bond donors (Lipinski definition) is 2. The summed E-state index contributed by atoms with van der Waals surface area (Å²) < 4.78 is 9.93. The maximum absolute atomic E-state index is 11.2. The highest BCUT2D eigenvalue weighted by molar-refractivity contribution is 5.86. The maximum Gasteiger partial charge on any atom is 0.373 e. The van der Waals surface area contributed by atoms with E-state index in [-0.39, 0.29) is 18.4 Å². The van der Waals surface area contributed by atoms with Gasteiger partial charge in [-0.1, -0.05) is 0 Å². The van der Waals surface area contributed by atoms with Crippen molar-refractivity contribution in [2.24, 2.45) is 0 Å². The Bertz CT molecular complexity index is 384. The second kappa shape index (κ2) is 5.33. The van der Waals surface area contributed by atoms with E-state index in [4.69, 9.17) is 9.52 Å². The summed E-state index contributed by atoms with van der Waals surface area (Å²) in [5.41, 5.74) is -0.405. The third kappa shape index (κ3) is 3.57. The number of nitrogens with one attached hydrogen (secondary N) is 1. The van der Waals surface area contributed by atoms with Crippen LogP contribution in [0.4, 0.5) is 0 Å². The Balaban J connectivity index is 2.73. The molecule has 1 heterocycles. The monoisotopic (exact) mass is 241 g/mol. The number of hydrogen-bond acceptors (Lipinski definition) is 5. The predicted octanol–water partition coefficient (Wildman–Crippen LogP) is 1.49. The molecule has 1 rings (SSSR count). The first kappa shape index (κ1) is 13.7. The van der Waals surface area contributed by atoms with Gasteiger partial charge in [0.15, 0.2) is 0 Å². The number of esters is 1. The summed E-state index contributed by atoms with van der Waals surface area (Å²) in [6, 6.07) is 3.19. The molecule has 0 aliphatic carbocycles. The van der Waals surface area contributed by atoms with Gasteiger partial charge < -0.3 is 19.6 Å². The molecular weight excluding hydrogens is 222 g/mol. The van der Waals surface area contributed by atoms with Crippen molar-refractivity contribution in [3.63, 3.8) is 0 Å². The molecule has 0 bridgehead atoms. The molecule has 0 saturated heterocycles. The Hall–Kier alpha value is -1.33. The van der Waals surface area contributed by atoms with Gasteiger partial charge in [-0.05, 0) is 32.9 Å². The lowest BCUT2D eigenvalue weighted by molar-refractivity contribution is 0.0561. The van der Waals surface area contributed by atoms with E-state index in [1.54, 1.807) is 12.1 Å². The number of aliphatic hydroxyl groups is 1. The second-order valence-electron chi connectivity index (χ2n) is 4.60. The standard InChI is InChI=1S/C12H19NO4/c1-8(13-12(2,3)7-14)9-5-6-10(17-9)11(15)16-4/h5-6,8,13-14H,7H2,1-4H3. The van der Waals surface area contributed by atoms with Crippen molar-refractivity contribution >= 4 is 5.97 Å². The lowest BCUT2D eigenvalue weighted by Gasteiger charge is -2.27. The van der Waals surface area contributed by atoms with Crippen LogP contribution >= 0.6 is 0 Å². The topological polar surface area (TPSA) is 71.7 Å². The summed E-state index contributed by atoms with van der Waals surface area (Å²) in [6.07, 6.45) is 0. The number of carbonyl (C=O) groups excluding carboxylic acids is 1. The molecule has 17 heavy (non-hydrogen) atoms. The van der Waals surface area contributed by atoms with Crippen molar-refractivity contribution < 1.29 is 19.1 Å². The van der Waals surface area contributed by atoms with Gasteiger partial charge in [-0.2, -0.15) is 0 Å². The summed E-state index contributed by atoms with van der Waals surface area (Å²) in [5, 5.41) is 12.4. The van der Waals surface area contributed by atoms with E-state index in [0.717, 1.165) is 0 Å². The third-order valence-corrected chi connectivity index (χ3v) is 2.44. The molecule has 0 aliphatic rings. The van der Waals surface area contributed by atoms with Crippen LogP contribution in [-0.4, -0.2) is 30.3 Å². The van der Waals surface area contributed by atoms with Gasteiger partial charge in [0.05, 0.1) is 19.8 Å². The lowest BCUT2D eigenvalue weighted by Crippen LogP contribution is -2.43. The molecule has 0 radical (unpaired) electrons. The lowest BCUT2D eigenvalue weighted by atomic mass is 10.1. The highest BCUT2D eigenvalue weighted by Gasteiger charge is 2.22. The van der Waals surface area contributed by atoms with E-state index >= 15 is 0 Å². The molecule has 1 aromatic heterocycles. The van der Waals surface area contributed by atoms with E-state index < -0.39 is 11.5 Å². The molecule has 0 amide bonds. The smallest absolute Gasteiger partial charge is 0.373 e. The molecule has 0 spiro atoms. The van der Waals surface area contributed by atoms with Crippen molar-refractivity contribution in [2.45, 2.75) is 32.4 Å². The average molecular weight is 241 g/mol. The van der Waals surface area contributed by atoms with Gasteiger partial charge in [0, 0.05) is 5.54 Å². The Morgan fingerprint density at radius 1 is 1.59 bits per heavy atom. The molecule has 0 saturated carbocycles. The van der Waals surface area contributed by atoms with Crippen LogP contribution in [0.15, 0.2) is 16.5 Å². The molecule has 1 unspecified atom stereocenters. The molecule has 5 nitrogen and oxygen atoms in total. The highest BCUT2D eigenvalue weighted by atomic mass is 16.5. The van der Waals surface area contributed by atoms with Crippen LogP contribution < -0.4 is 5.32 Å². The van der Waals surface area contributed by atoms with Crippen LogP contribution in [0.5, 0.6) is 0 Å². The molecule has 1 aromatic rings. The zero-order valence-corrected chi connectivity index (χ0v) is 10.6. The van der Waals surface area contributed by atoms with Crippen molar-refractivity contribution in [2.75, 3.05) is 13.7 Å². The Morgan fingerprint density at radius 2 is 2.24 bits per heavy atom. The van der Waals surface area contributed by atoms with E-state index in [0.29, 0.717) is 5.76 Å². The minimum atomic E-state index is -0.495. The predicted molar refractivity (Wildman–Crippen MR) is 62.8 cm³/mol. The number of methoxy groups -OCH3 is 1. The van der Waals surface area contributed by atoms with Gasteiger partial charge in [-0.25, -0.2) is 4.79 Å². The second-order valence-corrected chi connectivity index (χ2v) is 4.60. The summed E-state index contributed by atoms with van der Waals surface area (Å²) in [4.78, 5) is 11.2. The van der Waals surface area contributed by atoms with Gasteiger partial charge >= 0.3 is 5.97 Å². The Morgan fingerprint density at radius 3 is 2.76 bits per heavy atom. The largest absolute Gasteiger partial charge is 0.463 e. The summed E-state index contributed by atoms with van der Waals surface area (Å²) in [5.74, 6) is 0.315. The fraction of sp³-hybridized carbons (Fsp3) is 0.583. The van der Waals surface area contributed by atoms with Crippen molar-refractivity contribution in [3.05, 3.63) is 23.7 Å². The van der Waals surface area contributed by atoms with E-state index in [1.807, 2.05) is 20.8 Å². The SMILES string of the molecule is COC(=O)c1ccc(C(C)NC(C)(C)CO)o1. The van der Waals surface area contributed by atoms with Crippen LogP contribution in [0, 0.1) is 0 Å². The van der Waals surface area contributed by atoms with Gasteiger partial charge in [0.2, 0.25) is 5.76 Å². The van der Waals surface area contributed by atoms with Crippen molar-refractivity contribution in [1.29, 1.82) is 0 Å². The quantitative estimate of drug-likeness (QED) is 0.764. The zero-order valence-electron chi connectivity index (χ0n) is 10.6. The Kier molecular flexibility index (Phi) is 4.31. The number of furan rings is 1.